The maximum atomic E-state index is 12.4. The zero-order valence-corrected chi connectivity index (χ0v) is 15.8. The van der Waals surface area contributed by atoms with Gasteiger partial charge in [-0.05, 0) is 47.1 Å². The number of fused-ring (bicyclic) bond motifs is 1. The number of hydrogen-bond acceptors (Lipinski definition) is 3. The Kier molecular flexibility index (Phi) is 3.81. The minimum atomic E-state index is -0.755. The van der Waals surface area contributed by atoms with Crippen LogP contribution in [0.5, 0.6) is 0 Å². The first-order valence-corrected chi connectivity index (χ1v) is 9.09. The summed E-state index contributed by atoms with van der Waals surface area (Å²) in [5.74, 6) is 0.00412. The Balaban J connectivity index is 1.81. The first-order valence-electron chi connectivity index (χ1n) is 8.71. The molecule has 1 aliphatic rings. The summed E-state index contributed by atoms with van der Waals surface area (Å²) in [5.41, 5.74) is 7.90. The molecule has 0 bridgehead atoms. The first-order chi connectivity index (χ1) is 12.3. The van der Waals surface area contributed by atoms with Crippen molar-refractivity contribution in [3.63, 3.8) is 0 Å². The normalized spacial score (nSPS) is 22.1. The van der Waals surface area contributed by atoms with Crippen molar-refractivity contribution >= 4 is 28.3 Å². The summed E-state index contributed by atoms with van der Waals surface area (Å²) in [4.78, 5) is 16.9. The van der Waals surface area contributed by atoms with Crippen molar-refractivity contribution in [1.29, 1.82) is 0 Å². The molecule has 1 amide bonds. The van der Waals surface area contributed by atoms with Gasteiger partial charge in [0.05, 0.1) is 17.3 Å². The highest BCUT2D eigenvalue weighted by atomic mass is 35.5. The second-order valence-electron chi connectivity index (χ2n) is 7.48. The predicted molar refractivity (Wildman–Crippen MR) is 102 cm³/mol. The number of primary amides is 1. The van der Waals surface area contributed by atoms with Crippen LogP contribution in [0.25, 0.3) is 10.8 Å². The summed E-state index contributed by atoms with van der Waals surface area (Å²) in [6, 6.07) is 6.01. The molecule has 5 nitrogen and oxygen atoms in total. The van der Waals surface area contributed by atoms with Crippen molar-refractivity contribution in [2.45, 2.75) is 37.5 Å². The van der Waals surface area contributed by atoms with Crippen LogP contribution in [0.2, 0.25) is 5.02 Å². The zero-order valence-electron chi connectivity index (χ0n) is 15.0. The van der Waals surface area contributed by atoms with E-state index in [1.807, 2.05) is 25.4 Å². The van der Waals surface area contributed by atoms with Crippen molar-refractivity contribution in [2.24, 2.45) is 12.8 Å². The summed E-state index contributed by atoms with van der Waals surface area (Å²) in [6.07, 6.45) is 6.18. The van der Waals surface area contributed by atoms with Gasteiger partial charge in [0.1, 0.15) is 0 Å². The van der Waals surface area contributed by atoms with Gasteiger partial charge < -0.3 is 5.73 Å². The lowest BCUT2D eigenvalue weighted by atomic mass is 9.93. The van der Waals surface area contributed by atoms with E-state index in [0.717, 1.165) is 32.6 Å². The highest BCUT2D eigenvalue weighted by Gasteiger charge is 2.62. The number of nitrogens with two attached hydrogens (primary N) is 1. The fraction of sp³-hybridized carbons (Fsp3) is 0.350. The van der Waals surface area contributed by atoms with E-state index in [2.05, 4.69) is 30.0 Å². The van der Waals surface area contributed by atoms with E-state index in [1.54, 1.807) is 17.1 Å². The molecule has 3 aromatic rings. The fourth-order valence-electron chi connectivity index (χ4n) is 3.84. The van der Waals surface area contributed by atoms with Gasteiger partial charge in [0.15, 0.2) is 0 Å². The molecule has 6 heteroatoms. The maximum absolute atomic E-state index is 12.4. The van der Waals surface area contributed by atoms with Crippen molar-refractivity contribution in [3.05, 3.63) is 58.6 Å². The Hall–Kier alpha value is -2.40. The monoisotopic (exact) mass is 368 g/mol. The smallest absolute Gasteiger partial charge is 0.230 e. The SMILES string of the molecule is CC(C)c1cc2cc(C3(C(N)=O)CC3c3cnn(C)c3)ncc2cc1Cl. The molecule has 26 heavy (non-hydrogen) atoms. The van der Waals surface area contributed by atoms with Gasteiger partial charge in [-0.15, -0.1) is 0 Å². The minimum absolute atomic E-state index is 0.0236. The Bertz CT molecular complexity index is 1030. The van der Waals surface area contributed by atoms with E-state index >= 15 is 0 Å². The third-order valence-electron chi connectivity index (χ3n) is 5.44. The molecule has 1 saturated carbocycles. The Morgan fingerprint density at radius 1 is 1.31 bits per heavy atom. The lowest BCUT2D eigenvalue weighted by Gasteiger charge is -2.15. The highest BCUT2D eigenvalue weighted by molar-refractivity contribution is 6.32. The van der Waals surface area contributed by atoms with Crippen LogP contribution < -0.4 is 5.73 Å². The van der Waals surface area contributed by atoms with E-state index in [1.165, 1.54) is 0 Å². The van der Waals surface area contributed by atoms with Gasteiger partial charge in [-0.3, -0.25) is 14.5 Å². The van der Waals surface area contributed by atoms with E-state index < -0.39 is 5.41 Å². The topological polar surface area (TPSA) is 73.8 Å². The molecule has 0 spiro atoms. The molecule has 2 heterocycles. The molecule has 2 unspecified atom stereocenters. The van der Waals surface area contributed by atoms with Crippen LogP contribution in [0.4, 0.5) is 0 Å². The summed E-state index contributed by atoms with van der Waals surface area (Å²) in [7, 11) is 1.86. The fourth-order valence-corrected chi connectivity index (χ4v) is 4.23. The van der Waals surface area contributed by atoms with Crippen molar-refractivity contribution in [1.82, 2.24) is 14.8 Å². The average molecular weight is 369 g/mol. The van der Waals surface area contributed by atoms with E-state index in [9.17, 15) is 4.79 Å². The summed E-state index contributed by atoms with van der Waals surface area (Å²) >= 11 is 6.39. The van der Waals surface area contributed by atoms with Crippen LogP contribution in [-0.4, -0.2) is 20.7 Å². The molecule has 0 saturated heterocycles. The lowest BCUT2D eigenvalue weighted by Crippen LogP contribution is -2.31. The minimum Gasteiger partial charge on any atom is -0.369 e. The Labute approximate surface area is 157 Å². The number of carbonyl (C=O) groups excluding carboxylic acids is 1. The van der Waals surface area contributed by atoms with Gasteiger partial charge in [-0.2, -0.15) is 5.10 Å². The first kappa shape index (κ1) is 17.0. The number of pyridine rings is 1. The Morgan fingerprint density at radius 3 is 2.69 bits per heavy atom. The molecular weight excluding hydrogens is 348 g/mol. The van der Waals surface area contributed by atoms with Crippen LogP contribution in [0, 0.1) is 0 Å². The molecule has 2 N–H and O–H groups in total. The summed E-state index contributed by atoms with van der Waals surface area (Å²) < 4.78 is 1.74. The molecular formula is C20H21ClN4O. The number of rotatable bonds is 4. The quantitative estimate of drug-likeness (QED) is 0.763. The van der Waals surface area contributed by atoms with Crippen LogP contribution in [0.1, 0.15) is 48.9 Å². The van der Waals surface area contributed by atoms with Crippen molar-refractivity contribution in [3.8, 4) is 0 Å². The van der Waals surface area contributed by atoms with E-state index in [0.29, 0.717) is 12.3 Å². The van der Waals surface area contributed by atoms with Gasteiger partial charge in [-0.1, -0.05) is 25.4 Å². The number of nitrogens with zero attached hydrogens (tertiary/aromatic N) is 3. The number of aryl methyl sites for hydroxylation is 1. The van der Waals surface area contributed by atoms with Crippen LogP contribution in [-0.2, 0) is 17.3 Å². The predicted octanol–water partition coefficient (Wildman–Crippen LogP) is 3.66. The molecule has 0 aliphatic heterocycles. The number of benzene rings is 1. The third-order valence-corrected chi connectivity index (χ3v) is 5.77. The molecule has 134 valence electrons. The molecule has 1 fully saturated rings. The molecule has 0 radical (unpaired) electrons. The van der Waals surface area contributed by atoms with Crippen LogP contribution in [0.15, 0.2) is 36.8 Å². The number of hydrogen-bond donors (Lipinski definition) is 1. The van der Waals surface area contributed by atoms with Crippen LogP contribution >= 0.6 is 11.6 Å². The second kappa shape index (κ2) is 5.81. The number of halogens is 1. The lowest BCUT2D eigenvalue weighted by molar-refractivity contribution is -0.120. The highest BCUT2D eigenvalue weighted by Crippen LogP contribution is 2.60. The van der Waals surface area contributed by atoms with Crippen LogP contribution in [0.3, 0.4) is 0 Å². The zero-order chi connectivity index (χ0) is 18.6. The molecule has 2 aromatic heterocycles. The average Bonchev–Trinajstić information content (AvgIpc) is 3.21. The van der Waals surface area contributed by atoms with E-state index in [4.69, 9.17) is 17.3 Å². The molecule has 1 aromatic carbocycles. The number of carbonyl (C=O) groups is 1. The third kappa shape index (κ3) is 2.50. The van der Waals surface area contributed by atoms with Crippen molar-refractivity contribution < 1.29 is 4.79 Å². The second-order valence-corrected chi connectivity index (χ2v) is 7.89. The number of aromatic nitrogens is 3. The van der Waals surface area contributed by atoms with Crippen molar-refractivity contribution in [2.75, 3.05) is 0 Å². The molecule has 2 atom stereocenters. The maximum Gasteiger partial charge on any atom is 0.230 e. The largest absolute Gasteiger partial charge is 0.369 e. The van der Waals surface area contributed by atoms with Gasteiger partial charge in [0.25, 0.3) is 0 Å². The van der Waals surface area contributed by atoms with E-state index in [-0.39, 0.29) is 11.8 Å². The van der Waals surface area contributed by atoms with Gasteiger partial charge in [0.2, 0.25) is 5.91 Å². The van der Waals surface area contributed by atoms with Gasteiger partial charge in [-0.25, -0.2) is 0 Å². The summed E-state index contributed by atoms with van der Waals surface area (Å²) in [5, 5.41) is 6.95. The standard InChI is InChI=1S/C20H21ClN4O/c1-11(2)15-4-12-6-18(23-8-13(12)5-17(15)21)20(19(22)26)7-16(20)14-9-24-25(3)10-14/h4-6,8-11,16H,7H2,1-3H3,(H2,22,26). The Morgan fingerprint density at radius 2 is 2.08 bits per heavy atom. The molecule has 1 aliphatic carbocycles. The van der Waals surface area contributed by atoms with Gasteiger partial charge >= 0.3 is 0 Å². The molecule has 4 rings (SSSR count). The summed E-state index contributed by atoms with van der Waals surface area (Å²) in [6.45, 7) is 4.22. The van der Waals surface area contributed by atoms with Gasteiger partial charge in [0, 0.05) is 35.8 Å². The number of amides is 1.